The Hall–Kier alpha value is -1.28. The van der Waals surface area contributed by atoms with Gasteiger partial charge in [-0.25, -0.2) is 0 Å². The highest BCUT2D eigenvalue weighted by Crippen LogP contribution is 2.21. The Balaban J connectivity index is 3.11. The zero-order valence-corrected chi connectivity index (χ0v) is 8.71. The highest BCUT2D eigenvalue weighted by Gasteiger charge is 2.14. The Bertz CT molecular complexity index is 374. The first-order valence-corrected chi connectivity index (χ1v) is 4.66. The quantitative estimate of drug-likeness (QED) is 0.473. The number of carbonyl (C=O) groups excluding carboxylic acids is 1. The van der Waals surface area contributed by atoms with Crippen LogP contribution in [0.5, 0.6) is 0 Å². The van der Waals surface area contributed by atoms with Gasteiger partial charge in [0.05, 0.1) is 0 Å². The molecular formula is C11H12ClNO. The van der Waals surface area contributed by atoms with Crippen molar-refractivity contribution in [1.82, 2.24) is 0 Å². The maximum atomic E-state index is 11.7. The lowest BCUT2D eigenvalue weighted by Crippen LogP contribution is -2.11. The number of allylic oxidation sites excluding steroid dienone is 1. The van der Waals surface area contributed by atoms with Gasteiger partial charge in [-0.1, -0.05) is 24.6 Å². The third kappa shape index (κ3) is 2.15. The van der Waals surface area contributed by atoms with Gasteiger partial charge in [-0.15, -0.1) is 6.58 Å². The normalized spacial score (nSPS) is 12.1. The van der Waals surface area contributed by atoms with Crippen LogP contribution >= 0.6 is 11.6 Å². The van der Waals surface area contributed by atoms with Crippen molar-refractivity contribution in [2.45, 2.75) is 6.92 Å². The zero-order chi connectivity index (χ0) is 10.7. The molecule has 1 rings (SSSR count). The van der Waals surface area contributed by atoms with Crippen molar-refractivity contribution in [2.75, 3.05) is 5.73 Å². The molecule has 0 radical (unpaired) electrons. The molecule has 0 saturated carbocycles. The van der Waals surface area contributed by atoms with Crippen molar-refractivity contribution >= 4 is 23.1 Å². The number of hydrogen-bond donors (Lipinski definition) is 1. The minimum absolute atomic E-state index is 0.0556. The molecule has 2 nitrogen and oxygen atoms in total. The Morgan fingerprint density at radius 3 is 2.86 bits per heavy atom. The number of ketones is 1. The van der Waals surface area contributed by atoms with E-state index >= 15 is 0 Å². The molecule has 1 aromatic rings. The van der Waals surface area contributed by atoms with Crippen molar-refractivity contribution in [2.24, 2.45) is 5.92 Å². The highest BCUT2D eigenvalue weighted by atomic mass is 35.5. The van der Waals surface area contributed by atoms with Crippen molar-refractivity contribution in [3.05, 3.63) is 41.4 Å². The molecule has 0 heterocycles. The number of hydrogen-bond acceptors (Lipinski definition) is 2. The number of nitrogens with two attached hydrogens (primary N) is 1. The first kappa shape index (κ1) is 10.8. The molecule has 74 valence electrons. The van der Waals surface area contributed by atoms with Crippen molar-refractivity contribution < 1.29 is 4.79 Å². The largest absolute Gasteiger partial charge is 0.398 e. The summed E-state index contributed by atoms with van der Waals surface area (Å²) in [7, 11) is 0. The van der Waals surface area contributed by atoms with Gasteiger partial charge in [0.1, 0.15) is 0 Å². The summed E-state index contributed by atoms with van der Waals surface area (Å²) < 4.78 is 0. The molecular weight excluding hydrogens is 198 g/mol. The standard InChI is InChI=1S/C11H12ClNO/c1-3-7(2)11(14)9-6-8(12)4-5-10(9)13/h3-7H,1,13H2,2H3. The van der Waals surface area contributed by atoms with Crippen LogP contribution in [0.4, 0.5) is 5.69 Å². The van der Waals surface area contributed by atoms with E-state index in [2.05, 4.69) is 6.58 Å². The van der Waals surface area contributed by atoms with Gasteiger partial charge in [0, 0.05) is 22.2 Å². The summed E-state index contributed by atoms with van der Waals surface area (Å²) >= 11 is 5.78. The number of benzene rings is 1. The summed E-state index contributed by atoms with van der Waals surface area (Å²) in [4.78, 5) is 11.7. The van der Waals surface area contributed by atoms with Crippen LogP contribution in [0.1, 0.15) is 17.3 Å². The number of Topliss-reactive ketones (excluding diaryl/α,β-unsaturated/α-hetero) is 1. The van der Waals surface area contributed by atoms with Crippen molar-refractivity contribution in [3.8, 4) is 0 Å². The van der Waals surface area contributed by atoms with Crippen molar-refractivity contribution in [1.29, 1.82) is 0 Å². The van der Waals surface area contributed by atoms with E-state index in [0.717, 1.165) is 0 Å². The number of nitrogen functional groups attached to an aromatic ring is 1. The van der Waals surface area contributed by atoms with Crippen LogP contribution in [-0.4, -0.2) is 5.78 Å². The molecule has 0 saturated heterocycles. The highest BCUT2D eigenvalue weighted by molar-refractivity contribution is 6.31. The summed E-state index contributed by atoms with van der Waals surface area (Å²) in [5, 5.41) is 0.513. The van der Waals surface area contributed by atoms with Gasteiger partial charge >= 0.3 is 0 Å². The third-order valence-electron chi connectivity index (χ3n) is 2.05. The second-order valence-electron chi connectivity index (χ2n) is 3.12. The lowest BCUT2D eigenvalue weighted by Gasteiger charge is -2.08. The van der Waals surface area contributed by atoms with E-state index in [1.807, 2.05) is 0 Å². The first-order valence-electron chi connectivity index (χ1n) is 4.28. The molecule has 0 aromatic heterocycles. The topological polar surface area (TPSA) is 43.1 Å². The summed E-state index contributed by atoms with van der Waals surface area (Å²) in [5.74, 6) is -0.296. The van der Waals surface area contributed by atoms with E-state index in [9.17, 15) is 4.79 Å². The molecule has 2 N–H and O–H groups in total. The SMILES string of the molecule is C=CC(C)C(=O)c1cc(Cl)ccc1N. The molecule has 0 aliphatic rings. The Morgan fingerprint density at radius 1 is 1.64 bits per heavy atom. The Kier molecular flexibility index (Phi) is 3.31. The lowest BCUT2D eigenvalue weighted by atomic mass is 9.98. The number of halogens is 1. The fourth-order valence-electron chi connectivity index (χ4n) is 1.09. The molecule has 0 spiro atoms. The molecule has 0 amide bonds. The van der Waals surface area contributed by atoms with E-state index in [0.29, 0.717) is 16.3 Å². The van der Waals surface area contributed by atoms with Gasteiger partial charge in [0.25, 0.3) is 0 Å². The average molecular weight is 210 g/mol. The van der Waals surface area contributed by atoms with Gasteiger partial charge in [0.15, 0.2) is 5.78 Å². The van der Waals surface area contributed by atoms with Gasteiger partial charge in [-0.3, -0.25) is 4.79 Å². The molecule has 0 bridgehead atoms. The number of rotatable bonds is 3. The summed E-state index contributed by atoms with van der Waals surface area (Å²) in [6, 6.07) is 4.87. The van der Waals surface area contributed by atoms with Gasteiger partial charge in [0.2, 0.25) is 0 Å². The maximum absolute atomic E-state index is 11.7. The molecule has 14 heavy (non-hydrogen) atoms. The van der Waals surface area contributed by atoms with Crippen LogP contribution in [0, 0.1) is 5.92 Å². The van der Waals surface area contributed by atoms with Gasteiger partial charge in [-0.05, 0) is 18.2 Å². The van der Waals surface area contributed by atoms with Crippen LogP contribution < -0.4 is 5.73 Å². The molecule has 1 atom stereocenters. The number of carbonyl (C=O) groups is 1. The van der Waals surface area contributed by atoms with E-state index in [-0.39, 0.29) is 11.7 Å². The van der Waals surface area contributed by atoms with Crippen LogP contribution in [0.2, 0.25) is 5.02 Å². The van der Waals surface area contributed by atoms with Crippen LogP contribution in [0.3, 0.4) is 0 Å². The lowest BCUT2D eigenvalue weighted by molar-refractivity contribution is 0.0954. The van der Waals surface area contributed by atoms with Gasteiger partial charge in [-0.2, -0.15) is 0 Å². The summed E-state index contributed by atoms with van der Waals surface area (Å²) in [6.07, 6.45) is 1.59. The average Bonchev–Trinajstić information content (AvgIpc) is 2.19. The smallest absolute Gasteiger partial charge is 0.171 e. The number of anilines is 1. The van der Waals surface area contributed by atoms with Crippen LogP contribution in [-0.2, 0) is 0 Å². The predicted octanol–water partition coefficient (Wildman–Crippen LogP) is 2.93. The van der Waals surface area contributed by atoms with Gasteiger partial charge < -0.3 is 5.73 Å². The van der Waals surface area contributed by atoms with E-state index in [1.54, 1.807) is 31.2 Å². The monoisotopic (exact) mass is 209 g/mol. The van der Waals surface area contributed by atoms with Crippen molar-refractivity contribution in [3.63, 3.8) is 0 Å². The van der Waals surface area contributed by atoms with Crippen LogP contribution in [0.15, 0.2) is 30.9 Å². The molecule has 0 aliphatic heterocycles. The Labute approximate surface area is 88.4 Å². The maximum Gasteiger partial charge on any atom is 0.171 e. The second kappa shape index (κ2) is 4.29. The summed E-state index contributed by atoms with van der Waals surface area (Å²) in [6.45, 7) is 5.34. The Morgan fingerprint density at radius 2 is 2.29 bits per heavy atom. The van der Waals surface area contributed by atoms with E-state index in [4.69, 9.17) is 17.3 Å². The molecule has 0 fully saturated rings. The molecule has 3 heteroatoms. The molecule has 1 unspecified atom stereocenters. The van der Waals surface area contributed by atoms with E-state index in [1.165, 1.54) is 0 Å². The second-order valence-corrected chi connectivity index (χ2v) is 3.56. The molecule has 1 aromatic carbocycles. The minimum atomic E-state index is -0.240. The minimum Gasteiger partial charge on any atom is -0.398 e. The predicted molar refractivity (Wildman–Crippen MR) is 59.6 cm³/mol. The summed E-state index contributed by atoms with van der Waals surface area (Å²) in [5.41, 5.74) is 6.58. The first-order chi connectivity index (χ1) is 6.56. The zero-order valence-electron chi connectivity index (χ0n) is 7.96. The third-order valence-corrected chi connectivity index (χ3v) is 2.28. The fourth-order valence-corrected chi connectivity index (χ4v) is 1.27. The fraction of sp³-hybridized carbons (Fsp3) is 0.182. The molecule has 0 aliphatic carbocycles. The van der Waals surface area contributed by atoms with Crippen LogP contribution in [0.25, 0.3) is 0 Å². The van der Waals surface area contributed by atoms with E-state index < -0.39 is 0 Å².